The lowest BCUT2D eigenvalue weighted by atomic mass is 10.1. The number of hydrogen-bond donors (Lipinski definition) is 1. The predicted molar refractivity (Wildman–Crippen MR) is 57.2 cm³/mol. The molecule has 1 aromatic rings. The van der Waals surface area contributed by atoms with Gasteiger partial charge in [0.2, 0.25) is 0 Å². The third-order valence-electron chi connectivity index (χ3n) is 2.02. The first kappa shape index (κ1) is 13.0. The number of anilines is 1. The van der Waals surface area contributed by atoms with E-state index >= 15 is 0 Å². The van der Waals surface area contributed by atoms with Crippen molar-refractivity contribution in [1.29, 1.82) is 0 Å². The number of alkyl halides is 3. The van der Waals surface area contributed by atoms with Crippen molar-refractivity contribution in [2.75, 3.05) is 19.0 Å². The van der Waals surface area contributed by atoms with Crippen LogP contribution in [0.3, 0.4) is 0 Å². The first-order valence-corrected chi connectivity index (χ1v) is 4.84. The summed E-state index contributed by atoms with van der Waals surface area (Å²) in [5.41, 5.74) is 0.263. The lowest BCUT2D eigenvalue weighted by Crippen LogP contribution is -2.14. The third kappa shape index (κ3) is 3.20. The topological polar surface area (TPSA) is 23.5 Å². The molecule has 0 bridgehead atoms. The second kappa shape index (κ2) is 4.41. The molecule has 6 heteroatoms. The van der Waals surface area contributed by atoms with E-state index in [4.69, 9.17) is 11.6 Å². The number of hydrogen-bond acceptors (Lipinski definition) is 2. The Balaban J connectivity index is 3.15. The maximum Gasteiger partial charge on any atom is 0.393 e. The minimum absolute atomic E-state index is 0.0457. The fourth-order valence-electron chi connectivity index (χ4n) is 1.30. The number of benzene rings is 1. The normalized spacial score (nSPS) is 11.6. The van der Waals surface area contributed by atoms with Gasteiger partial charge in [-0.15, -0.1) is 0 Å². The molecule has 0 saturated carbocycles. The maximum absolute atomic E-state index is 12.2. The van der Waals surface area contributed by atoms with E-state index in [2.05, 4.69) is 0 Å². The van der Waals surface area contributed by atoms with Crippen molar-refractivity contribution in [3.63, 3.8) is 0 Å². The second-order valence-electron chi connectivity index (χ2n) is 3.62. The van der Waals surface area contributed by atoms with Crippen molar-refractivity contribution in [3.05, 3.63) is 22.7 Å². The van der Waals surface area contributed by atoms with E-state index < -0.39 is 12.6 Å². The lowest BCUT2D eigenvalue weighted by Gasteiger charge is -2.17. The van der Waals surface area contributed by atoms with Crippen LogP contribution in [0, 0.1) is 0 Å². The summed E-state index contributed by atoms with van der Waals surface area (Å²) in [6.45, 7) is 0. The summed E-state index contributed by atoms with van der Waals surface area (Å²) < 4.78 is 36.7. The Morgan fingerprint density at radius 1 is 1.31 bits per heavy atom. The SMILES string of the molecule is CN(C)c1cc(CC(F)(F)F)c(Cl)cc1O. The van der Waals surface area contributed by atoms with Gasteiger partial charge in [-0.1, -0.05) is 11.6 Å². The van der Waals surface area contributed by atoms with Crippen LogP contribution in [0.4, 0.5) is 18.9 Å². The minimum atomic E-state index is -4.32. The summed E-state index contributed by atoms with van der Waals surface area (Å²) in [7, 11) is 3.25. The summed E-state index contributed by atoms with van der Waals surface area (Å²) in [6.07, 6.45) is -5.42. The standard InChI is InChI=1S/C10H11ClF3NO/c1-15(2)8-3-6(5-10(12,13)14)7(11)4-9(8)16/h3-4,16H,5H2,1-2H3. The molecule has 1 N–H and O–H groups in total. The van der Waals surface area contributed by atoms with Gasteiger partial charge in [0.25, 0.3) is 0 Å². The van der Waals surface area contributed by atoms with Crippen LogP contribution in [0.1, 0.15) is 5.56 Å². The Labute approximate surface area is 96.2 Å². The molecule has 0 spiro atoms. The first-order chi connectivity index (χ1) is 7.20. The maximum atomic E-state index is 12.2. The van der Waals surface area contributed by atoms with Crippen molar-refractivity contribution in [2.45, 2.75) is 12.6 Å². The van der Waals surface area contributed by atoms with E-state index in [0.29, 0.717) is 5.69 Å². The third-order valence-corrected chi connectivity index (χ3v) is 2.37. The lowest BCUT2D eigenvalue weighted by molar-refractivity contribution is -0.127. The monoisotopic (exact) mass is 253 g/mol. The molecule has 0 heterocycles. The van der Waals surface area contributed by atoms with E-state index in [9.17, 15) is 18.3 Å². The highest BCUT2D eigenvalue weighted by Crippen LogP contribution is 2.35. The highest BCUT2D eigenvalue weighted by atomic mass is 35.5. The quantitative estimate of drug-likeness (QED) is 0.875. The Morgan fingerprint density at radius 2 is 1.88 bits per heavy atom. The van der Waals surface area contributed by atoms with Crippen LogP contribution in [-0.2, 0) is 6.42 Å². The molecule has 0 aromatic heterocycles. The van der Waals surface area contributed by atoms with E-state index in [1.807, 2.05) is 0 Å². The average molecular weight is 254 g/mol. The fourth-order valence-corrected chi connectivity index (χ4v) is 1.53. The predicted octanol–water partition coefficient (Wildman–Crippen LogP) is 3.22. The van der Waals surface area contributed by atoms with Gasteiger partial charge in [-0.3, -0.25) is 0 Å². The van der Waals surface area contributed by atoms with E-state index in [1.54, 1.807) is 14.1 Å². The fraction of sp³-hybridized carbons (Fsp3) is 0.400. The van der Waals surface area contributed by atoms with Crippen LogP contribution < -0.4 is 4.90 Å². The van der Waals surface area contributed by atoms with E-state index in [1.165, 1.54) is 11.0 Å². The smallest absolute Gasteiger partial charge is 0.393 e. The molecule has 0 amide bonds. The zero-order valence-electron chi connectivity index (χ0n) is 8.77. The Morgan fingerprint density at radius 3 is 2.31 bits per heavy atom. The average Bonchev–Trinajstić information content (AvgIpc) is 2.07. The largest absolute Gasteiger partial charge is 0.506 e. The molecule has 0 unspecified atom stereocenters. The molecule has 0 aliphatic heterocycles. The van der Waals surface area contributed by atoms with Gasteiger partial charge in [-0.2, -0.15) is 13.2 Å². The molecule has 0 atom stereocenters. The first-order valence-electron chi connectivity index (χ1n) is 4.46. The number of aromatic hydroxyl groups is 1. The van der Waals surface area contributed by atoms with E-state index in [0.717, 1.165) is 6.07 Å². The molecule has 2 nitrogen and oxygen atoms in total. The molecular formula is C10H11ClF3NO. The van der Waals surface area contributed by atoms with E-state index in [-0.39, 0.29) is 16.3 Å². The van der Waals surface area contributed by atoms with Gasteiger partial charge in [-0.25, -0.2) is 0 Å². The minimum Gasteiger partial charge on any atom is -0.506 e. The van der Waals surface area contributed by atoms with Gasteiger partial charge in [0, 0.05) is 25.2 Å². The summed E-state index contributed by atoms with van der Waals surface area (Å²) in [5, 5.41) is 9.39. The molecule has 0 radical (unpaired) electrons. The van der Waals surface area contributed by atoms with Gasteiger partial charge in [0.05, 0.1) is 12.1 Å². The molecule has 16 heavy (non-hydrogen) atoms. The van der Waals surface area contributed by atoms with Crippen molar-refractivity contribution < 1.29 is 18.3 Å². The molecule has 90 valence electrons. The number of phenolic OH excluding ortho intramolecular Hbond substituents is 1. The van der Waals surface area contributed by atoms with Gasteiger partial charge in [0.15, 0.2) is 0 Å². The molecular weight excluding hydrogens is 243 g/mol. The Hall–Kier alpha value is -1.10. The number of phenols is 1. The van der Waals surface area contributed by atoms with Crippen molar-refractivity contribution in [2.24, 2.45) is 0 Å². The van der Waals surface area contributed by atoms with Crippen molar-refractivity contribution >= 4 is 17.3 Å². The van der Waals surface area contributed by atoms with Crippen molar-refractivity contribution in [1.82, 2.24) is 0 Å². The Bertz CT molecular complexity index is 390. The van der Waals surface area contributed by atoms with Crippen LogP contribution in [0.15, 0.2) is 12.1 Å². The molecule has 0 aliphatic carbocycles. The summed E-state index contributed by atoms with van der Waals surface area (Å²) in [4.78, 5) is 1.52. The number of halogens is 4. The molecule has 0 saturated heterocycles. The van der Waals surface area contributed by atoms with Gasteiger partial charge in [-0.05, 0) is 11.6 Å². The summed E-state index contributed by atoms with van der Waals surface area (Å²) in [6, 6.07) is 2.36. The van der Waals surface area contributed by atoms with Gasteiger partial charge in [0.1, 0.15) is 5.75 Å². The van der Waals surface area contributed by atoms with Crippen LogP contribution in [0.2, 0.25) is 5.02 Å². The second-order valence-corrected chi connectivity index (χ2v) is 4.03. The van der Waals surface area contributed by atoms with Crippen molar-refractivity contribution in [3.8, 4) is 5.75 Å². The summed E-state index contributed by atoms with van der Waals surface area (Å²) >= 11 is 5.63. The van der Waals surface area contributed by atoms with Crippen LogP contribution in [0.5, 0.6) is 5.75 Å². The highest BCUT2D eigenvalue weighted by molar-refractivity contribution is 6.31. The zero-order valence-corrected chi connectivity index (χ0v) is 9.52. The van der Waals surface area contributed by atoms with Crippen LogP contribution >= 0.6 is 11.6 Å². The summed E-state index contributed by atoms with van der Waals surface area (Å²) in [5.74, 6) is -0.138. The highest BCUT2D eigenvalue weighted by Gasteiger charge is 2.29. The molecule has 1 rings (SSSR count). The van der Waals surface area contributed by atoms with Gasteiger partial charge < -0.3 is 10.0 Å². The number of rotatable bonds is 2. The number of nitrogens with zero attached hydrogens (tertiary/aromatic N) is 1. The zero-order chi connectivity index (χ0) is 12.5. The Kier molecular flexibility index (Phi) is 3.57. The van der Waals surface area contributed by atoms with Crippen LogP contribution in [0.25, 0.3) is 0 Å². The molecule has 0 fully saturated rings. The van der Waals surface area contributed by atoms with Crippen LogP contribution in [-0.4, -0.2) is 25.4 Å². The molecule has 1 aromatic carbocycles. The molecule has 0 aliphatic rings. The van der Waals surface area contributed by atoms with Gasteiger partial charge >= 0.3 is 6.18 Å².